The molecule has 0 radical (unpaired) electrons. The van der Waals surface area contributed by atoms with Crippen LogP contribution in [-0.2, 0) is 30.5 Å². The molecule has 39 heavy (non-hydrogen) atoms. The van der Waals surface area contributed by atoms with Crippen molar-refractivity contribution in [2.24, 2.45) is 0 Å². The van der Waals surface area contributed by atoms with Crippen molar-refractivity contribution in [1.82, 2.24) is 34.8 Å². The molecule has 2 amide bonds. The topological polar surface area (TPSA) is 146 Å². The summed E-state index contributed by atoms with van der Waals surface area (Å²) in [4.78, 5) is 43.8. The van der Waals surface area contributed by atoms with E-state index in [4.69, 9.17) is 4.74 Å². The van der Waals surface area contributed by atoms with Gasteiger partial charge in [0.15, 0.2) is 5.69 Å². The van der Waals surface area contributed by atoms with Crippen molar-refractivity contribution in [1.29, 1.82) is 0 Å². The maximum Gasteiger partial charge on any atom is 0.416 e. The zero-order chi connectivity index (χ0) is 28.0. The van der Waals surface area contributed by atoms with Crippen LogP contribution in [0, 0.1) is 0 Å². The molecule has 3 aromatic heterocycles. The maximum atomic E-state index is 14.5. The first-order valence-electron chi connectivity index (χ1n) is 12.0. The van der Waals surface area contributed by atoms with Gasteiger partial charge in [-0.05, 0) is 43.9 Å². The Morgan fingerprint density at radius 3 is 2.72 bits per heavy atom. The molecule has 0 aliphatic heterocycles. The molecule has 16 heteroatoms. The van der Waals surface area contributed by atoms with Crippen LogP contribution in [0.1, 0.15) is 47.4 Å². The van der Waals surface area contributed by atoms with Crippen LogP contribution in [0.15, 0.2) is 41.6 Å². The second-order valence-electron chi connectivity index (χ2n) is 8.80. The van der Waals surface area contributed by atoms with Crippen LogP contribution in [0.4, 0.5) is 28.2 Å². The van der Waals surface area contributed by atoms with E-state index in [9.17, 15) is 31.9 Å². The molecule has 0 saturated heterocycles. The summed E-state index contributed by atoms with van der Waals surface area (Å²) >= 11 is 0. The van der Waals surface area contributed by atoms with Gasteiger partial charge in [0.1, 0.15) is 18.1 Å². The van der Waals surface area contributed by atoms with E-state index in [1.165, 1.54) is 23.0 Å². The average Bonchev–Trinajstić information content (AvgIpc) is 3.32. The summed E-state index contributed by atoms with van der Waals surface area (Å²) in [6, 6.07) is 3.03. The summed E-state index contributed by atoms with van der Waals surface area (Å²) in [5.41, 5.74) is -1.74. The number of rotatable bonds is 10. The number of carbonyl (C=O) groups excluding carboxylic acids is 2. The van der Waals surface area contributed by atoms with Gasteiger partial charge in [0, 0.05) is 18.9 Å². The summed E-state index contributed by atoms with van der Waals surface area (Å²) in [6.45, 7) is -0.545. The molecule has 0 bridgehead atoms. The molecule has 4 rings (SSSR count). The first kappa shape index (κ1) is 27.7. The molecule has 3 heterocycles. The minimum Gasteiger partial charge on any atom is -0.446 e. The lowest BCUT2D eigenvalue weighted by Crippen LogP contribution is -2.30. The van der Waals surface area contributed by atoms with Crippen molar-refractivity contribution in [2.45, 2.75) is 63.8 Å². The van der Waals surface area contributed by atoms with Gasteiger partial charge in [-0.25, -0.2) is 18.7 Å². The number of aryl methyl sites for hydroxylation is 1. The van der Waals surface area contributed by atoms with Gasteiger partial charge < -0.3 is 10.1 Å². The molecule has 1 aliphatic carbocycles. The minimum absolute atomic E-state index is 0.00321. The molecular formula is C23H24F4N8O4. The molecule has 1 atom stereocenters. The Labute approximate surface area is 218 Å². The first-order chi connectivity index (χ1) is 18.6. The van der Waals surface area contributed by atoms with Gasteiger partial charge in [0.25, 0.3) is 5.91 Å². The number of nitrogens with zero attached hydrogens (tertiary/aromatic N) is 6. The van der Waals surface area contributed by atoms with Crippen LogP contribution >= 0.6 is 0 Å². The summed E-state index contributed by atoms with van der Waals surface area (Å²) in [7, 11) is 0. The summed E-state index contributed by atoms with van der Waals surface area (Å²) in [6.07, 6.45) is -0.734. The number of carbonyl (C=O) groups is 2. The normalized spacial score (nSPS) is 14.4. The number of pyridine rings is 1. The van der Waals surface area contributed by atoms with E-state index in [1.807, 2.05) is 0 Å². The highest BCUT2D eigenvalue weighted by Gasteiger charge is 2.30. The van der Waals surface area contributed by atoms with E-state index in [-0.39, 0.29) is 49.4 Å². The molecule has 2 N–H and O–H groups in total. The fourth-order valence-corrected chi connectivity index (χ4v) is 3.52. The van der Waals surface area contributed by atoms with E-state index in [1.54, 1.807) is 0 Å². The number of amides is 2. The second-order valence-corrected chi connectivity index (χ2v) is 8.80. The number of nitrogens with one attached hydrogen (secondary N) is 2. The first-order valence-corrected chi connectivity index (χ1v) is 12.0. The summed E-state index contributed by atoms with van der Waals surface area (Å²) < 4.78 is 60.4. The highest BCUT2D eigenvalue weighted by Crippen LogP contribution is 2.29. The minimum atomic E-state index is -4.54. The van der Waals surface area contributed by atoms with Gasteiger partial charge >= 0.3 is 18.0 Å². The molecule has 12 nitrogen and oxygen atoms in total. The Bertz CT molecular complexity index is 1370. The monoisotopic (exact) mass is 552 g/mol. The third-order valence-corrected chi connectivity index (χ3v) is 5.84. The zero-order valence-electron chi connectivity index (χ0n) is 20.4. The van der Waals surface area contributed by atoms with Crippen molar-refractivity contribution in [3.8, 4) is 0 Å². The average molecular weight is 552 g/mol. The predicted octanol–water partition coefficient (Wildman–Crippen LogP) is 2.71. The molecule has 208 valence electrons. The van der Waals surface area contributed by atoms with Crippen molar-refractivity contribution < 1.29 is 31.9 Å². The third kappa shape index (κ3) is 7.81. The quantitative estimate of drug-likeness (QED) is 0.365. The van der Waals surface area contributed by atoms with Crippen LogP contribution in [0.3, 0.4) is 0 Å². The van der Waals surface area contributed by atoms with Crippen LogP contribution in [-0.4, -0.2) is 53.8 Å². The van der Waals surface area contributed by atoms with E-state index < -0.39 is 35.6 Å². The van der Waals surface area contributed by atoms with Gasteiger partial charge in [0.05, 0.1) is 30.5 Å². The van der Waals surface area contributed by atoms with Crippen molar-refractivity contribution in [3.05, 3.63) is 64.2 Å². The summed E-state index contributed by atoms with van der Waals surface area (Å²) in [5, 5.41) is 12.1. The number of aromatic nitrogens is 6. The van der Waals surface area contributed by atoms with Gasteiger partial charge in [0.2, 0.25) is 0 Å². The molecule has 0 aromatic carbocycles. The van der Waals surface area contributed by atoms with Gasteiger partial charge in [-0.1, -0.05) is 5.21 Å². The Morgan fingerprint density at radius 1 is 1.23 bits per heavy atom. The largest absolute Gasteiger partial charge is 0.446 e. The summed E-state index contributed by atoms with van der Waals surface area (Å²) in [5.74, 6) is -0.701. The Balaban J connectivity index is 1.23. The highest BCUT2D eigenvalue weighted by atomic mass is 19.4. The molecular weight excluding hydrogens is 528 g/mol. The van der Waals surface area contributed by atoms with Crippen molar-refractivity contribution in [3.63, 3.8) is 0 Å². The second kappa shape index (κ2) is 12.0. The van der Waals surface area contributed by atoms with Crippen LogP contribution in [0.25, 0.3) is 0 Å². The molecule has 1 fully saturated rings. The lowest BCUT2D eigenvalue weighted by molar-refractivity contribution is -0.137. The standard InChI is InChI=1S/C23H24F4N8O4/c24-15(5-8-34-9-6-19(30-21(34)37)31-22(38)39-17-2-1-3-17)12-35-13-18(32-33-35)20(36)29-11-16-10-14(4-7-28-16)23(25,26)27/h4,6-7,9-10,13,15,17H,1-3,5,8,11-12H2,(H,29,36)(H,30,31,37,38). The fourth-order valence-electron chi connectivity index (χ4n) is 3.52. The zero-order valence-corrected chi connectivity index (χ0v) is 20.4. The van der Waals surface area contributed by atoms with Crippen molar-refractivity contribution >= 4 is 17.8 Å². The molecule has 1 aliphatic rings. The molecule has 1 saturated carbocycles. The predicted molar refractivity (Wildman–Crippen MR) is 126 cm³/mol. The smallest absolute Gasteiger partial charge is 0.416 e. The molecule has 0 spiro atoms. The Morgan fingerprint density at radius 2 is 2.03 bits per heavy atom. The SMILES string of the molecule is O=C(Nc1ccn(CCC(F)Cn2cc(C(=O)NCc3cc(C(F)(F)F)ccn3)nn2)c(=O)n1)OC1CCC1. The lowest BCUT2D eigenvalue weighted by atomic mass is 9.96. The third-order valence-electron chi connectivity index (χ3n) is 5.84. The van der Waals surface area contributed by atoms with Gasteiger partial charge in [-0.15, -0.1) is 5.10 Å². The maximum absolute atomic E-state index is 14.5. The number of alkyl halides is 4. The fraction of sp³-hybridized carbons (Fsp3) is 0.435. The number of halogens is 4. The number of ether oxygens (including phenoxy) is 1. The highest BCUT2D eigenvalue weighted by molar-refractivity contribution is 5.91. The van der Waals surface area contributed by atoms with E-state index >= 15 is 0 Å². The lowest BCUT2D eigenvalue weighted by Gasteiger charge is -2.24. The van der Waals surface area contributed by atoms with Crippen LogP contribution in [0.2, 0.25) is 0 Å². The van der Waals surface area contributed by atoms with Crippen LogP contribution < -0.4 is 16.3 Å². The van der Waals surface area contributed by atoms with Crippen molar-refractivity contribution in [2.75, 3.05) is 5.32 Å². The van der Waals surface area contributed by atoms with Crippen LogP contribution in [0.5, 0.6) is 0 Å². The van der Waals surface area contributed by atoms with Gasteiger partial charge in [-0.3, -0.25) is 19.7 Å². The number of anilines is 1. The molecule has 3 aromatic rings. The Hall–Kier alpha value is -4.37. The number of hydrogen-bond donors (Lipinski definition) is 2. The Kier molecular flexibility index (Phi) is 8.51. The van der Waals surface area contributed by atoms with E-state index in [0.717, 1.165) is 42.3 Å². The van der Waals surface area contributed by atoms with E-state index in [2.05, 4.69) is 30.9 Å². The number of hydrogen-bond acceptors (Lipinski definition) is 8. The molecule has 1 unspecified atom stereocenters. The van der Waals surface area contributed by atoms with Gasteiger partial charge in [-0.2, -0.15) is 18.2 Å². The van der Waals surface area contributed by atoms with E-state index in [0.29, 0.717) is 0 Å².